The van der Waals surface area contributed by atoms with Crippen molar-refractivity contribution >= 4 is 23.6 Å². The molecule has 1 saturated carbocycles. The van der Waals surface area contributed by atoms with E-state index >= 15 is 0 Å². The first-order valence-corrected chi connectivity index (χ1v) is 13.3. The predicted octanol–water partition coefficient (Wildman–Crippen LogP) is 3.98. The summed E-state index contributed by atoms with van der Waals surface area (Å²) in [6.07, 6.45) is 11.4. The molecule has 2 amide bonds. The van der Waals surface area contributed by atoms with Crippen LogP contribution in [0.15, 0.2) is 12.1 Å². The molecular weight excluding hydrogens is 444 g/mol. The van der Waals surface area contributed by atoms with Gasteiger partial charge in [-0.2, -0.15) is 0 Å². The second-order valence-electron chi connectivity index (χ2n) is 10.5. The van der Waals surface area contributed by atoms with E-state index in [1.807, 2.05) is 6.92 Å². The molecule has 8 nitrogen and oxygen atoms in total. The first kappa shape index (κ1) is 27.0. The van der Waals surface area contributed by atoms with Crippen molar-refractivity contribution in [3.63, 3.8) is 0 Å². The number of carboxylic acid groups (broad SMARTS) is 1. The van der Waals surface area contributed by atoms with Crippen molar-refractivity contribution in [1.82, 2.24) is 15.6 Å². The van der Waals surface area contributed by atoms with Crippen LogP contribution in [0.25, 0.3) is 0 Å². The fourth-order valence-electron chi connectivity index (χ4n) is 5.20. The Kier molecular flexibility index (Phi) is 9.93. The lowest BCUT2D eigenvalue weighted by molar-refractivity contribution is -0.144. The summed E-state index contributed by atoms with van der Waals surface area (Å²) in [7, 11) is 0. The van der Waals surface area contributed by atoms with Crippen molar-refractivity contribution in [1.29, 1.82) is 0 Å². The van der Waals surface area contributed by atoms with Crippen molar-refractivity contribution in [2.75, 3.05) is 11.9 Å². The zero-order valence-electron chi connectivity index (χ0n) is 21.3. The van der Waals surface area contributed by atoms with Gasteiger partial charge >= 0.3 is 5.97 Å². The van der Waals surface area contributed by atoms with Gasteiger partial charge in [-0.15, -0.1) is 0 Å². The number of aryl methyl sites for hydroxylation is 2. The van der Waals surface area contributed by atoms with Crippen LogP contribution in [0.1, 0.15) is 95.7 Å². The van der Waals surface area contributed by atoms with Gasteiger partial charge in [0, 0.05) is 30.6 Å². The standard InChI is InChI=1S/C27H42N4O4/c1-19(32)29-22-14-16-27(2,17-15-22)26(35)31-23(25(33)34)11-7-5-3-4-6-10-21-13-12-20-9-8-18-28-24(20)30-21/h12-13,22-23H,3-11,14-18H2,1-2H3,(H,28,30)(H,29,32)(H,31,35)(H,33,34)/t22?,23-,27?/m0/s1. The molecular formula is C27H42N4O4. The van der Waals surface area contributed by atoms with E-state index in [-0.39, 0.29) is 17.9 Å². The number of hydrogen-bond acceptors (Lipinski definition) is 5. The Morgan fingerprint density at radius 3 is 2.57 bits per heavy atom. The highest BCUT2D eigenvalue weighted by molar-refractivity contribution is 5.87. The van der Waals surface area contributed by atoms with Gasteiger partial charge in [-0.1, -0.05) is 38.7 Å². The number of amides is 2. The topological polar surface area (TPSA) is 120 Å². The number of unbranched alkanes of at least 4 members (excludes halogenated alkanes) is 4. The predicted molar refractivity (Wildman–Crippen MR) is 136 cm³/mol. The summed E-state index contributed by atoms with van der Waals surface area (Å²) in [5.74, 6) is -0.161. The lowest BCUT2D eigenvalue weighted by atomic mass is 9.73. The van der Waals surface area contributed by atoms with Gasteiger partial charge in [0.05, 0.1) is 0 Å². The summed E-state index contributed by atoms with van der Waals surface area (Å²) in [6, 6.07) is 3.58. The Bertz CT molecular complexity index is 880. The molecule has 35 heavy (non-hydrogen) atoms. The van der Waals surface area contributed by atoms with E-state index in [9.17, 15) is 19.5 Å². The molecule has 0 spiro atoms. The largest absolute Gasteiger partial charge is 0.480 e. The summed E-state index contributed by atoms with van der Waals surface area (Å²) in [4.78, 5) is 40.6. The number of carboxylic acids is 1. The quantitative estimate of drug-likeness (QED) is 0.332. The zero-order valence-corrected chi connectivity index (χ0v) is 21.3. The number of carbonyl (C=O) groups excluding carboxylic acids is 2. The molecule has 0 bridgehead atoms. The highest BCUT2D eigenvalue weighted by Gasteiger charge is 2.39. The van der Waals surface area contributed by atoms with E-state index in [1.165, 1.54) is 18.9 Å². The Balaban J connectivity index is 1.32. The summed E-state index contributed by atoms with van der Waals surface area (Å²) in [5.41, 5.74) is 1.86. The van der Waals surface area contributed by atoms with Crippen LogP contribution < -0.4 is 16.0 Å². The van der Waals surface area contributed by atoms with E-state index in [1.54, 1.807) is 0 Å². The number of rotatable bonds is 12. The molecule has 1 fully saturated rings. The molecule has 1 atom stereocenters. The highest BCUT2D eigenvalue weighted by Crippen LogP contribution is 2.36. The van der Waals surface area contributed by atoms with Gasteiger partial charge in [0.25, 0.3) is 0 Å². The first-order valence-electron chi connectivity index (χ1n) is 13.3. The number of nitrogens with one attached hydrogen (secondary N) is 3. The van der Waals surface area contributed by atoms with Crippen LogP contribution in [0.3, 0.4) is 0 Å². The Morgan fingerprint density at radius 2 is 1.86 bits per heavy atom. The maximum absolute atomic E-state index is 12.9. The van der Waals surface area contributed by atoms with E-state index in [0.717, 1.165) is 75.8 Å². The number of aromatic nitrogens is 1. The van der Waals surface area contributed by atoms with Gasteiger partial charge in [-0.25, -0.2) is 9.78 Å². The molecule has 2 heterocycles. The Morgan fingerprint density at radius 1 is 1.14 bits per heavy atom. The second kappa shape index (κ2) is 12.9. The molecule has 0 unspecified atom stereocenters. The molecule has 8 heteroatoms. The number of fused-ring (bicyclic) bond motifs is 1. The molecule has 4 N–H and O–H groups in total. The molecule has 0 saturated heterocycles. The van der Waals surface area contributed by atoms with E-state index < -0.39 is 17.4 Å². The van der Waals surface area contributed by atoms with Crippen LogP contribution in [-0.2, 0) is 27.2 Å². The molecule has 3 rings (SSSR count). The van der Waals surface area contributed by atoms with Crippen molar-refractivity contribution < 1.29 is 19.5 Å². The molecule has 1 aromatic heterocycles. The second-order valence-corrected chi connectivity index (χ2v) is 10.5. The molecule has 2 aliphatic rings. The van der Waals surface area contributed by atoms with Gasteiger partial charge in [-0.05, 0) is 69.4 Å². The average molecular weight is 487 g/mol. The fraction of sp³-hybridized carbons (Fsp3) is 0.704. The summed E-state index contributed by atoms with van der Waals surface area (Å²) in [6.45, 7) is 4.40. The number of hydrogen-bond donors (Lipinski definition) is 4. The minimum absolute atomic E-state index is 0.0541. The fourth-order valence-corrected chi connectivity index (χ4v) is 5.20. The van der Waals surface area contributed by atoms with Crippen LogP contribution in [0.2, 0.25) is 0 Å². The maximum atomic E-state index is 12.9. The molecule has 0 aromatic carbocycles. The van der Waals surface area contributed by atoms with Crippen LogP contribution in [-0.4, -0.2) is 46.5 Å². The van der Waals surface area contributed by atoms with Crippen LogP contribution in [0.5, 0.6) is 0 Å². The van der Waals surface area contributed by atoms with Crippen LogP contribution >= 0.6 is 0 Å². The third kappa shape index (κ3) is 8.22. The molecule has 194 valence electrons. The minimum Gasteiger partial charge on any atom is -0.480 e. The number of nitrogens with zero attached hydrogens (tertiary/aromatic N) is 1. The average Bonchev–Trinajstić information content (AvgIpc) is 2.83. The number of aliphatic carboxylic acids is 1. The number of anilines is 1. The molecule has 1 aliphatic heterocycles. The SMILES string of the molecule is CC(=O)NC1CCC(C)(C(=O)N[C@@H](CCCCCCCc2ccc3c(n2)NCCC3)C(=O)O)CC1. The van der Waals surface area contributed by atoms with Gasteiger partial charge in [0.15, 0.2) is 0 Å². The number of pyridine rings is 1. The van der Waals surface area contributed by atoms with E-state index in [0.29, 0.717) is 19.3 Å². The Hall–Kier alpha value is -2.64. The lowest BCUT2D eigenvalue weighted by Crippen LogP contribution is -2.50. The zero-order chi connectivity index (χ0) is 25.3. The van der Waals surface area contributed by atoms with Gasteiger partial charge in [-0.3, -0.25) is 9.59 Å². The third-order valence-electron chi connectivity index (χ3n) is 7.53. The normalized spacial score (nSPS) is 22.4. The molecule has 1 aliphatic carbocycles. The molecule has 1 aromatic rings. The van der Waals surface area contributed by atoms with Crippen molar-refractivity contribution in [3.05, 3.63) is 23.4 Å². The Labute approximate surface area is 209 Å². The summed E-state index contributed by atoms with van der Waals surface area (Å²) < 4.78 is 0. The third-order valence-corrected chi connectivity index (χ3v) is 7.53. The monoisotopic (exact) mass is 486 g/mol. The van der Waals surface area contributed by atoms with E-state index in [2.05, 4.69) is 28.1 Å². The lowest BCUT2D eigenvalue weighted by Gasteiger charge is -2.36. The van der Waals surface area contributed by atoms with E-state index in [4.69, 9.17) is 4.98 Å². The van der Waals surface area contributed by atoms with Gasteiger partial charge in [0.1, 0.15) is 11.9 Å². The maximum Gasteiger partial charge on any atom is 0.326 e. The van der Waals surface area contributed by atoms with Crippen molar-refractivity contribution in [2.45, 2.75) is 109 Å². The van der Waals surface area contributed by atoms with Crippen molar-refractivity contribution in [2.24, 2.45) is 5.41 Å². The summed E-state index contributed by atoms with van der Waals surface area (Å²) >= 11 is 0. The highest BCUT2D eigenvalue weighted by atomic mass is 16.4. The summed E-state index contributed by atoms with van der Waals surface area (Å²) in [5, 5.41) is 18.7. The first-order chi connectivity index (χ1) is 16.8. The van der Waals surface area contributed by atoms with Crippen molar-refractivity contribution in [3.8, 4) is 0 Å². The smallest absolute Gasteiger partial charge is 0.326 e. The molecule has 0 radical (unpaired) electrons. The number of carbonyl (C=O) groups is 3. The van der Waals surface area contributed by atoms with Gasteiger partial charge < -0.3 is 21.1 Å². The van der Waals surface area contributed by atoms with Gasteiger partial charge in [0.2, 0.25) is 11.8 Å². The minimum atomic E-state index is -0.971. The van der Waals surface area contributed by atoms with Crippen LogP contribution in [0, 0.1) is 5.41 Å². The van der Waals surface area contributed by atoms with Crippen LogP contribution in [0.4, 0.5) is 5.82 Å².